The fourth-order valence-electron chi connectivity index (χ4n) is 1.89. The molecule has 0 aliphatic carbocycles. The Morgan fingerprint density at radius 3 is 2.47 bits per heavy atom. The van der Waals surface area contributed by atoms with Gasteiger partial charge in [-0.15, -0.1) is 0 Å². The Hall–Kier alpha value is -2.29. The third-order valence-corrected chi connectivity index (χ3v) is 3.20. The van der Waals surface area contributed by atoms with Crippen molar-refractivity contribution in [3.8, 4) is 11.5 Å². The van der Waals surface area contributed by atoms with Gasteiger partial charge in [-0.3, -0.25) is 5.41 Å². The van der Waals surface area contributed by atoms with Crippen LogP contribution in [0, 0.1) is 26.2 Å². The van der Waals surface area contributed by atoms with Gasteiger partial charge in [0.1, 0.15) is 17.3 Å². The number of rotatable bonds is 3. The molecular formula is C16H18N2O. The van der Waals surface area contributed by atoms with Crippen LogP contribution in [-0.4, -0.2) is 5.84 Å². The summed E-state index contributed by atoms with van der Waals surface area (Å²) < 4.78 is 5.94. The number of nitrogens with one attached hydrogen (secondary N) is 1. The van der Waals surface area contributed by atoms with Crippen molar-refractivity contribution in [3.63, 3.8) is 0 Å². The van der Waals surface area contributed by atoms with Gasteiger partial charge in [0, 0.05) is 0 Å². The van der Waals surface area contributed by atoms with Crippen LogP contribution in [-0.2, 0) is 0 Å². The molecule has 0 bridgehead atoms. The molecule has 0 saturated heterocycles. The largest absolute Gasteiger partial charge is 0.456 e. The summed E-state index contributed by atoms with van der Waals surface area (Å²) in [5.74, 6) is 1.44. The van der Waals surface area contributed by atoms with Crippen LogP contribution in [0.15, 0.2) is 36.4 Å². The van der Waals surface area contributed by atoms with E-state index in [4.69, 9.17) is 15.9 Å². The minimum Gasteiger partial charge on any atom is -0.456 e. The summed E-state index contributed by atoms with van der Waals surface area (Å²) >= 11 is 0. The molecule has 0 radical (unpaired) electrons. The maximum Gasteiger partial charge on any atom is 0.138 e. The standard InChI is InChI=1S/C16H18N2O/c1-10-7-8-13(16(17)18)15(9-10)19-14-6-4-5-11(2)12(14)3/h4-9H,1-3H3,(H3,17,18). The number of aryl methyl sites for hydroxylation is 2. The van der Waals surface area contributed by atoms with Crippen molar-refractivity contribution in [2.24, 2.45) is 5.73 Å². The summed E-state index contributed by atoms with van der Waals surface area (Å²) in [6, 6.07) is 11.6. The third kappa shape index (κ3) is 2.76. The van der Waals surface area contributed by atoms with Gasteiger partial charge in [0.05, 0.1) is 5.56 Å². The Morgan fingerprint density at radius 1 is 1.05 bits per heavy atom. The Balaban J connectivity index is 2.45. The lowest BCUT2D eigenvalue weighted by Gasteiger charge is -2.14. The lowest BCUT2D eigenvalue weighted by Crippen LogP contribution is -2.12. The van der Waals surface area contributed by atoms with Crippen LogP contribution in [0.3, 0.4) is 0 Å². The van der Waals surface area contributed by atoms with Crippen molar-refractivity contribution in [1.82, 2.24) is 0 Å². The van der Waals surface area contributed by atoms with E-state index in [0.29, 0.717) is 11.3 Å². The zero-order valence-electron chi connectivity index (χ0n) is 11.4. The molecule has 3 N–H and O–H groups in total. The first-order valence-electron chi connectivity index (χ1n) is 6.18. The normalized spacial score (nSPS) is 10.3. The lowest BCUT2D eigenvalue weighted by molar-refractivity contribution is 0.477. The highest BCUT2D eigenvalue weighted by Gasteiger charge is 2.10. The smallest absolute Gasteiger partial charge is 0.138 e. The van der Waals surface area contributed by atoms with E-state index in [1.54, 1.807) is 0 Å². The molecule has 2 rings (SSSR count). The zero-order chi connectivity index (χ0) is 14.0. The summed E-state index contributed by atoms with van der Waals surface area (Å²) in [6.07, 6.45) is 0. The Labute approximate surface area is 113 Å². The van der Waals surface area contributed by atoms with E-state index in [2.05, 4.69) is 0 Å². The lowest BCUT2D eigenvalue weighted by atomic mass is 10.1. The highest BCUT2D eigenvalue weighted by Crippen LogP contribution is 2.29. The number of hydrogen-bond acceptors (Lipinski definition) is 2. The average molecular weight is 254 g/mol. The van der Waals surface area contributed by atoms with Gasteiger partial charge in [0.15, 0.2) is 0 Å². The highest BCUT2D eigenvalue weighted by atomic mass is 16.5. The van der Waals surface area contributed by atoms with Gasteiger partial charge in [0.25, 0.3) is 0 Å². The second-order valence-electron chi connectivity index (χ2n) is 4.71. The van der Waals surface area contributed by atoms with E-state index in [1.165, 1.54) is 5.56 Å². The zero-order valence-corrected chi connectivity index (χ0v) is 11.4. The van der Waals surface area contributed by atoms with Crippen LogP contribution in [0.2, 0.25) is 0 Å². The molecule has 0 aliphatic heterocycles. The molecule has 19 heavy (non-hydrogen) atoms. The molecule has 0 aliphatic rings. The number of hydrogen-bond donors (Lipinski definition) is 2. The fraction of sp³-hybridized carbons (Fsp3) is 0.188. The van der Waals surface area contributed by atoms with Crippen molar-refractivity contribution >= 4 is 5.84 Å². The summed E-state index contributed by atoms with van der Waals surface area (Å²) in [7, 11) is 0. The molecule has 0 fully saturated rings. The van der Waals surface area contributed by atoms with E-state index in [-0.39, 0.29) is 5.84 Å². The van der Waals surface area contributed by atoms with Crippen LogP contribution in [0.5, 0.6) is 11.5 Å². The Kier molecular flexibility index (Phi) is 3.56. The molecule has 0 aromatic heterocycles. The van der Waals surface area contributed by atoms with Gasteiger partial charge in [-0.2, -0.15) is 0 Å². The van der Waals surface area contributed by atoms with Gasteiger partial charge in [-0.25, -0.2) is 0 Å². The van der Waals surface area contributed by atoms with Crippen molar-refractivity contribution in [1.29, 1.82) is 5.41 Å². The minimum atomic E-state index is 0.0142. The van der Waals surface area contributed by atoms with Gasteiger partial charge in [-0.05, 0) is 55.7 Å². The molecule has 0 amide bonds. The topological polar surface area (TPSA) is 59.1 Å². The number of ether oxygens (including phenoxy) is 1. The Morgan fingerprint density at radius 2 is 1.79 bits per heavy atom. The van der Waals surface area contributed by atoms with Crippen LogP contribution in [0.4, 0.5) is 0 Å². The molecule has 2 aromatic carbocycles. The minimum absolute atomic E-state index is 0.0142. The predicted molar refractivity (Wildman–Crippen MR) is 78.2 cm³/mol. The molecule has 0 spiro atoms. The van der Waals surface area contributed by atoms with Crippen LogP contribution < -0.4 is 10.5 Å². The summed E-state index contributed by atoms with van der Waals surface area (Å²) in [5.41, 5.74) is 9.55. The summed E-state index contributed by atoms with van der Waals surface area (Å²) in [6.45, 7) is 6.05. The number of amidine groups is 1. The average Bonchev–Trinajstić information content (AvgIpc) is 2.35. The first-order valence-corrected chi connectivity index (χ1v) is 6.18. The fourth-order valence-corrected chi connectivity index (χ4v) is 1.89. The predicted octanol–water partition coefficient (Wildman–Crippen LogP) is 3.69. The second-order valence-corrected chi connectivity index (χ2v) is 4.71. The number of nitrogens with two attached hydrogens (primary N) is 1. The molecule has 2 aromatic rings. The highest BCUT2D eigenvalue weighted by molar-refractivity contribution is 5.97. The van der Waals surface area contributed by atoms with Gasteiger partial charge < -0.3 is 10.5 Å². The third-order valence-electron chi connectivity index (χ3n) is 3.20. The molecule has 98 valence electrons. The second kappa shape index (κ2) is 5.14. The molecule has 0 unspecified atom stereocenters. The number of benzene rings is 2. The number of nitrogen functional groups attached to an aromatic ring is 1. The molecule has 0 heterocycles. The van der Waals surface area contributed by atoms with Crippen LogP contribution in [0.1, 0.15) is 22.3 Å². The van der Waals surface area contributed by atoms with Crippen molar-refractivity contribution in [2.45, 2.75) is 20.8 Å². The van der Waals surface area contributed by atoms with Gasteiger partial charge >= 0.3 is 0 Å². The SMILES string of the molecule is Cc1ccc(C(=N)N)c(Oc2cccc(C)c2C)c1. The van der Waals surface area contributed by atoms with Crippen molar-refractivity contribution < 1.29 is 4.74 Å². The first kappa shape index (κ1) is 13.1. The molecule has 0 atom stereocenters. The van der Waals surface area contributed by atoms with Gasteiger partial charge in [-0.1, -0.05) is 18.2 Å². The van der Waals surface area contributed by atoms with Crippen LogP contribution in [0.25, 0.3) is 0 Å². The van der Waals surface area contributed by atoms with Crippen molar-refractivity contribution in [2.75, 3.05) is 0 Å². The summed E-state index contributed by atoms with van der Waals surface area (Å²) in [4.78, 5) is 0. The summed E-state index contributed by atoms with van der Waals surface area (Å²) in [5, 5.41) is 7.61. The quantitative estimate of drug-likeness (QED) is 0.648. The van der Waals surface area contributed by atoms with E-state index < -0.39 is 0 Å². The van der Waals surface area contributed by atoms with E-state index in [9.17, 15) is 0 Å². The Bertz CT molecular complexity index is 633. The van der Waals surface area contributed by atoms with Crippen molar-refractivity contribution in [3.05, 3.63) is 58.7 Å². The molecular weight excluding hydrogens is 236 g/mol. The maximum atomic E-state index is 7.61. The first-order chi connectivity index (χ1) is 8.99. The van der Waals surface area contributed by atoms with E-state index in [1.807, 2.05) is 57.2 Å². The monoisotopic (exact) mass is 254 g/mol. The van der Waals surface area contributed by atoms with Gasteiger partial charge in [0.2, 0.25) is 0 Å². The molecule has 3 heteroatoms. The van der Waals surface area contributed by atoms with Crippen LogP contribution >= 0.6 is 0 Å². The molecule has 3 nitrogen and oxygen atoms in total. The molecule has 0 saturated carbocycles. The van der Waals surface area contributed by atoms with E-state index >= 15 is 0 Å². The van der Waals surface area contributed by atoms with E-state index in [0.717, 1.165) is 16.9 Å². The maximum absolute atomic E-state index is 7.61.